The number of para-hydroxylation sites is 2. The molecular formula is C10H5Cl3F3NO3. The highest BCUT2D eigenvalue weighted by Crippen LogP contribution is 2.48. The lowest BCUT2D eigenvalue weighted by molar-refractivity contribution is -0.190. The molecule has 0 saturated heterocycles. The average Bonchev–Trinajstić information content (AvgIpc) is 2.66. The Kier molecular flexibility index (Phi) is 3.64. The molecule has 0 saturated carbocycles. The average molecular weight is 351 g/mol. The number of fused-ring (bicyclic) bond motifs is 1. The number of hydrogen-bond donors (Lipinski definition) is 1. The van der Waals surface area contributed by atoms with Crippen molar-refractivity contribution in [2.24, 2.45) is 0 Å². The number of alkyl halides is 6. The lowest BCUT2D eigenvalue weighted by Gasteiger charge is -2.33. The quantitative estimate of drug-likeness (QED) is 0.792. The smallest absolute Gasteiger partial charge is 0.428 e. The minimum Gasteiger partial charge on any atom is -0.428 e. The van der Waals surface area contributed by atoms with Crippen molar-refractivity contribution in [1.29, 1.82) is 0 Å². The predicted octanol–water partition coefficient (Wildman–Crippen LogP) is 3.16. The molecule has 20 heavy (non-hydrogen) atoms. The summed E-state index contributed by atoms with van der Waals surface area (Å²) in [6.45, 7) is 0. The normalized spacial score (nSPS) is 16.9. The monoisotopic (exact) mass is 349 g/mol. The minimum absolute atomic E-state index is 0.0290. The molecule has 1 heterocycles. The van der Waals surface area contributed by atoms with Gasteiger partial charge < -0.3 is 9.47 Å². The molecule has 1 aromatic rings. The SMILES string of the molecule is O=C(NC1(C(Cl)(Cl)Cl)Oc2ccccc2O1)C(F)(F)F. The Labute approximate surface area is 125 Å². The van der Waals surface area contributed by atoms with Crippen LogP contribution >= 0.6 is 34.8 Å². The number of amides is 1. The van der Waals surface area contributed by atoms with Crippen molar-refractivity contribution in [3.05, 3.63) is 24.3 Å². The van der Waals surface area contributed by atoms with Crippen molar-refractivity contribution in [3.63, 3.8) is 0 Å². The Bertz CT molecular complexity index is 520. The van der Waals surface area contributed by atoms with E-state index in [1.807, 2.05) is 0 Å². The van der Waals surface area contributed by atoms with Gasteiger partial charge in [-0.15, -0.1) is 0 Å². The van der Waals surface area contributed by atoms with Crippen LogP contribution in [0.1, 0.15) is 0 Å². The van der Waals surface area contributed by atoms with Crippen LogP contribution in [0.5, 0.6) is 11.5 Å². The van der Waals surface area contributed by atoms with Crippen LogP contribution in [-0.4, -0.2) is 21.8 Å². The molecule has 2 rings (SSSR count). The number of ether oxygens (including phenoxy) is 2. The fraction of sp³-hybridized carbons (Fsp3) is 0.300. The molecule has 0 aliphatic carbocycles. The Morgan fingerprint density at radius 1 is 1.10 bits per heavy atom. The number of carbonyl (C=O) groups is 1. The van der Waals surface area contributed by atoms with Crippen LogP contribution in [-0.2, 0) is 4.79 Å². The Hall–Kier alpha value is -1.05. The van der Waals surface area contributed by atoms with Crippen molar-refractivity contribution in [1.82, 2.24) is 5.32 Å². The summed E-state index contributed by atoms with van der Waals surface area (Å²) in [7, 11) is 0. The van der Waals surface area contributed by atoms with Crippen LogP contribution in [0.25, 0.3) is 0 Å². The van der Waals surface area contributed by atoms with Gasteiger partial charge in [0, 0.05) is 0 Å². The molecule has 4 nitrogen and oxygen atoms in total. The van der Waals surface area contributed by atoms with Crippen LogP contribution in [0, 0.1) is 0 Å². The van der Waals surface area contributed by atoms with Crippen molar-refractivity contribution in [2.75, 3.05) is 0 Å². The predicted molar refractivity (Wildman–Crippen MR) is 64.9 cm³/mol. The molecule has 0 atom stereocenters. The Morgan fingerprint density at radius 2 is 1.55 bits per heavy atom. The number of halogens is 6. The van der Waals surface area contributed by atoms with Crippen molar-refractivity contribution < 1.29 is 27.4 Å². The van der Waals surface area contributed by atoms with E-state index < -0.39 is 21.8 Å². The molecule has 1 aliphatic rings. The molecule has 0 unspecified atom stereocenters. The summed E-state index contributed by atoms with van der Waals surface area (Å²) >= 11 is 16.7. The number of carbonyl (C=O) groups excluding carboxylic acids is 1. The van der Waals surface area contributed by atoms with Gasteiger partial charge in [-0.1, -0.05) is 46.9 Å². The second kappa shape index (κ2) is 4.75. The first-order chi connectivity index (χ1) is 9.05. The molecule has 110 valence electrons. The maximum absolute atomic E-state index is 12.3. The van der Waals surface area contributed by atoms with Crippen LogP contribution in [0.2, 0.25) is 0 Å². The van der Waals surface area contributed by atoms with Gasteiger partial charge in [0.1, 0.15) is 0 Å². The van der Waals surface area contributed by atoms with E-state index >= 15 is 0 Å². The topological polar surface area (TPSA) is 47.6 Å². The van der Waals surface area contributed by atoms with Gasteiger partial charge in [-0.2, -0.15) is 13.2 Å². The van der Waals surface area contributed by atoms with Gasteiger partial charge >= 0.3 is 18.0 Å². The molecule has 0 aromatic heterocycles. The van der Waals surface area contributed by atoms with Gasteiger partial charge in [0.2, 0.25) is 0 Å². The number of hydrogen-bond acceptors (Lipinski definition) is 3. The summed E-state index contributed by atoms with van der Waals surface area (Å²) in [6.07, 6.45) is -5.19. The zero-order valence-electron chi connectivity index (χ0n) is 9.30. The summed E-state index contributed by atoms with van der Waals surface area (Å²) in [5.41, 5.74) is 0. The van der Waals surface area contributed by atoms with E-state index in [-0.39, 0.29) is 11.5 Å². The number of nitrogens with one attached hydrogen (secondary N) is 1. The Balaban J connectivity index is 2.35. The standard InChI is InChI=1S/C10H5Cl3F3NO3/c11-9(12,13)10(17-7(18)8(14,15)16)19-5-3-1-2-4-6(5)20-10/h1-4H,(H,17,18). The summed E-state index contributed by atoms with van der Waals surface area (Å²) in [4.78, 5) is 11.1. The zero-order chi connectivity index (χ0) is 15.2. The third-order valence-electron chi connectivity index (χ3n) is 2.27. The molecule has 0 fully saturated rings. The van der Waals surface area contributed by atoms with E-state index in [9.17, 15) is 18.0 Å². The molecule has 1 amide bonds. The largest absolute Gasteiger partial charge is 0.471 e. The highest BCUT2D eigenvalue weighted by atomic mass is 35.6. The summed E-state index contributed by atoms with van der Waals surface area (Å²) in [5.74, 6) is -4.91. The summed E-state index contributed by atoms with van der Waals surface area (Å²) in [5, 5.41) is 1.42. The van der Waals surface area contributed by atoms with E-state index in [0.717, 1.165) is 0 Å². The molecule has 1 aromatic carbocycles. The fourth-order valence-electron chi connectivity index (χ4n) is 1.41. The lowest BCUT2D eigenvalue weighted by atomic mass is 10.3. The van der Waals surface area contributed by atoms with Gasteiger partial charge in [-0.3, -0.25) is 10.1 Å². The molecule has 0 spiro atoms. The zero-order valence-corrected chi connectivity index (χ0v) is 11.6. The van der Waals surface area contributed by atoms with Crippen LogP contribution < -0.4 is 14.8 Å². The first kappa shape index (κ1) is 15.3. The van der Waals surface area contributed by atoms with Gasteiger partial charge in [-0.05, 0) is 12.1 Å². The maximum atomic E-state index is 12.3. The maximum Gasteiger partial charge on any atom is 0.471 e. The lowest BCUT2D eigenvalue weighted by Crippen LogP contribution is -2.65. The first-order valence-electron chi connectivity index (χ1n) is 4.98. The molecule has 1 N–H and O–H groups in total. The molecule has 1 aliphatic heterocycles. The number of benzene rings is 1. The van der Waals surface area contributed by atoms with E-state index in [2.05, 4.69) is 0 Å². The molecule has 10 heteroatoms. The highest BCUT2D eigenvalue weighted by molar-refractivity contribution is 6.68. The number of rotatable bonds is 1. The molecule has 0 bridgehead atoms. The minimum atomic E-state index is -5.19. The first-order valence-corrected chi connectivity index (χ1v) is 6.12. The van der Waals surface area contributed by atoms with Crippen molar-refractivity contribution in [3.8, 4) is 11.5 Å². The van der Waals surface area contributed by atoms with Crippen molar-refractivity contribution >= 4 is 40.7 Å². The van der Waals surface area contributed by atoms with Gasteiger partial charge in [0.25, 0.3) is 3.79 Å². The highest BCUT2D eigenvalue weighted by Gasteiger charge is 2.61. The summed E-state index contributed by atoms with van der Waals surface area (Å²) in [6, 6.07) is 5.82. The van der Waals surface area contributed by atoms with Crippen LogP contribution in [0.4, 0.5) is 13.2 Å². The van der Waals surface area contributed by atoms with Crippen LogP contribution in [0.15, 0.2) is 24.3 Å². The fourth-order valence-corrected chi connectivity index (χ4v) is 1.78. The van der Waals surface area contributed by atoms with Gasteiger partial charge in [0.15, 0.2) is 11.5 Å². The second-order valence-corrected chi connectivity index (χ2v) is 6.00. The van der Waals surface area contributed by atoms with E-state index in [1.165, 1.54) is 29.6 Å². The molecular weight excluding hydrogens is 345 g/mol. The van der Waals surface area contributed by atoms with E-state index in [1.54, 1.807) is 0 Å². The third kappa shape index (κ3) is 2.70. The third-order valence-corrected chi connectivity index (χ3v) is 3.01. The van der Waals surface area contributed by atoms with E-state index in [4.69, 9.17) is 44.3 Å². The Morgan fingerprint density at radius 3 is 1.90 bits per heavy atom. The van der Waals surface area contributed by atoms with Crippen LogP contribution in [0.3, 0.4) is 0 Å². The van der Waals surface area contributed by atoms with Gasteiger partial charge in [-0.25, -0.2) is 0 Å². The summed E-state index contributed by atoms with van der Waals surface area (Å²) < 4.78 is 44.7. The molecule has 0 radical (unpaired) electrons. The van der Waals surface area contributed by atoms with E-state index in [0.29, 0.717) is 0 Å². The second-order valence-electron chi connectivity index (χ2n) is 3.72. The van der Waals surface area contributed by atoms with Gasteiger partial charge in [0.05, 0.1) is 0 Å². The van der Waals surface area contributed by atoms with Crippen molar-refractivity contribution in [2.45, 2.75) is 15.9 Å².